The number of pyridine rings is 1. The smallest absolute Gasteiger partial charge is 0.339 e. The monoisotopic (exact) mass is 199 g/mol. The van der Waals surface area contributed by atoms with Gasteiger partial charge in [0.05, 0.1) is 12.7 Å². The molecule has 0 aliphatic heterocycles. The number of carbonyl (C=O) groups is 1. The largest absolute Gasteiger partial charge is 0.610 e. The van der Waals surface area contributed by atoms with Gasteiger partial charge in [0.25, 0.3) is 0 Å². The van der Waals surface area contributed by atoms with Gasteiger partial charge in [0.2, 0.25) is 5.03 Å². The molecule has 70 valence electrons. The number of methoxy groups -OCH3 is 1. The van der Waals surface area contributed by atoms with Crippen molar-refractivity contribution in [2.45, 2.75) is 5.03 Å². The molecule has 0 fully saturated rings. The van der Waals surface area contributed by atoms with Gasteiger partial charge in [0.1, 0.15) is 6.26 Å². The molecule has 1 aromatic heterocycles. The molecule has 0 N–H and O–H groups in total. The molecule has 0 amide bonds. The lowest BCUT2D eigenvalue weighted by Gasteiger charge is -2.02. The average Bonchev–Trinajstić information content (AvgIpc) is 2.17. The van der Waals surface area contributed by atoms with E-state index < -0.39 is 17.1 Å². The fraction of sp³-hybridized carbons (Fsp3) is 0.250. The normalized spacial score (nSPS) is 12.2. The predicted molar refractivity (Wildman–Crippen MR) is 47.9 cm³/mol. The number of ether oxygens (including phenoxy) is 1. The van der Waals surface area contributed by atoms with Crippen molar-refractivity contribution in [3.8, 4) is 0 Å². The summed E-state index contributed by atoms with van der Waals surface area (Å²) < 4.78 is 15.4. The first-order chi connectivity index (χ1) is 6.15. The molecule has 4 nitrogen and oxygen atoms in total. The third kappa shape index (κ3) is 2.43. The summed E-state index contributed by atoms with van der Waals surface area (Å²) in [6, 6.07) is 3.08. The van der Waals surface area contributed by atoms with Crippen molar-refractivity contribution < 1.29 is 14.1 Å². The summed E-state index contributed by atoms with van der Waals surface area (Å²) in [6.45, 7) is 0. The number of esters is 1. The Hall–Kier alpha value is -1.07. The lowest BCUT2D eigenvalue weighted by Crippen LogP contribution is -2.05. The third-order valence-corrected chi connectivity index (χ3v) is 2.28. The van der Waals surface area contributed by atoms with Gasteiger partial charge in [0.15, 0.2) is 0 Å². The van der Waals surface area contributed by atoms with E-state index in [9.17, 15) is 9.35 Å². The maximum Gasteiger partial charge on any atom is 0.339 e. The van der Waals surface area contributed by atoms with Crippen LogP contribution in [0.2, 0.25) is 0 Å². The molecule has 1 aromatic rings. The fourth-order valence-electron chi connectivity index (χ4n) is 0.789. The molecule has 0 aromatic carbocycles. The summed E-state index contributed by atoms with van der Waals surface area (Å²) in [5.41, 5.74) is 0.358. The molecule has 13 heavy (non-hydrogen) atoms. The van der Waals surface area contributed by atoms with Crippen molar-refractivity contribution >= 4 is 17.1 Å². The summed E-state index contributed by atoms with van der Waals surface area (Å²) in [5.74, 6) is -0.444. The Kier molecular flexibility index (Phi) is 3.27. The van der Waals surface area contributed by atoms with Crippen LogP contribution in [-0.2, 0) is 15.9 Å². The number of nitrogens with zero attached hydrogens (tertiary/aromatic N) is 1. The summed E-state index contributed by atoms with van der Waals surface area (Å²) >= 11 is -1.12. The molecule has 1 atom stereocenters. The maximum atomic E-state index is 11.0. The van der Waals surface area contributed by atoms with Gasteiger partial charge >= 0.3 is 5.97 Å². The van der Waals surface area contributed by atoms with Gasteiger partial charge < -0.3 is 9.29 Å². The lowest BCUT2D eigenvalue weighted by molar-refractivity contribution is 0.0600. The van der Waals surface area contributed by atoms with Gasteiger partial charge in [-0.05, 0) is 6.07 Å². The number of rotatable bonds is 2. The predicted octanol–water partition coefficient (Wildman–Crippen LogP) is 0.606. The van der Waals surface area contributed by atoms with Gasteiger partial charge in [-0.3, -0.25) is 0 Å². The number of hydrogen-bond acceptors (Lipinski definition) is 4. The maximum absolute atomic E-state index is 11.0. The van der Waals surface area contributed by atoms with E-state index in [0.29, 0.717) is 10.6 Å². The van der Waals surface area contributed by atoms with Gasteiger partial charge in [-0.25, -0.2) is 9.78 Å². The van der Waals surface area contributed by atoms with Crippen LogP contribution >= 0.6 is 0 Å². The molecular formula is C8H9NO3S. The minimum Gasteiger partial charge on any atom is -0.610 e. The first-order valence-electron chi connectivity index (χ1n) is 3.53. The Bertz CT molecular complexity index is 297. The van der Waals surface area contributed by atoms with Crippen LogP contribution in [-0.4, -0.2) is 28.9 Å². The van der Waals surface area contributed by atoms with E-state index in [2.05, 4.69) is 9.72 Å². The minimum atomic E-state index is -1.12. The van der Waals surface area contributed by atoms with E-state index >= 15 is 0 Å². The molecular weight excluding hydrogens is 190 g/mol. The fourth-order valence-corrected chi connectivity index (χ4v) is 1.25. The molecule has 0 aliphatic carbocycles. The minimum absolute atomic E-state index is 0.358. The van der Waals surface area contributed by atoms with Crippen LogP contribution in [0, 0.1) is 0 Å². The van der Waals surface area contributed by atoms with Gasteiger partial charge in [0, 0.05) is 23.4 Å². The first-order valence-corrected chi connectivity index (χ1v) is 5.08. The van der Waals surface area contributed by atoms with E-state index in [1.165, 1.54) is 25.6 Å². The van der Waals surface area contributed by atoms with Crippen LogP contribution in [0.25, 0.3) is 0 Å². The third-order valence-electron chi connectivity index (χ3n) is 1.45. The lowest BCUT2D eigenvalue weighted by atomic mass is 10.3. The first kappa shape index (κ1) is 10.0. The summed E-state index contributed by atoms with van der Waals surface area (Å²) in [5, 5.41) is 0.452. The van der Waals surface area contributed by atoms with Crippen molar-refractivity contribution in [1.29, 1.82) is 0 Å². The summed E-state index contributed by atoms with van der Waals surface area (Å²) in [6.07, 6.45) is 2.88. The molecule has 0 bridgehead atoms. The van der Waals surface area contributed by atoms with Crippen LogP contribution in [0.4, 0.5) is 0 Å². The zero-order valence-corrected chi connectivity index (χ0v) is 8.13. The molecule has 1 rings (SSSR count). The summed E-state index contributed by atoms with van der Waals surface area (Å²) in [7, 11) is 1.30. The van der Waals surface area contributed by atoms with Crippen LogP contribution in [0.3, 0.4) is 0 Å². The van der Waals surface area contributed by atoms with E-state index in [1.807, 2.05) is 0 Å². The Morgan fingerprint density at radius 1 is 1.62 bits per heavy atom. The zero-order valence-electron chi connectivity index (χ0n) is 7.31. The van der Waals surface area contributed by atoms with Crippen LogP contribution in [0.1, 0.15) is 10.4 Å². The van der Waals surface area contributed by atoms with E-state index in [1.54, 1.807) is 6.07 Å². The van der Waals surface area contributed by atoms with Crippen molar-refractivity contribution in [3.05, 3.63) is 23.9 Å². The van der Waals surface area contributed by atoms with E-state index in [-0.39, 0.29) is 0 Å². The second kappa shape index (κ2) is 4.25. The van der Waals surface area contributed by atoms with Gasteiger partial charge in [-0.2, -0.15) is 0 Å². The van der Waals surface area contributed by atoms with Gasteiger partial charge in [-0.15, -0.1) is 0 Å². The SMILES string of the molecule is COC(=O)c1ccc([S+](C)[O-])nc1. The highest BCUT2D eigenvalue weighted by atomic mass is 32.2. The second-order valence-corrected chi connectivity index (χ2v) is 3.66. The Labute approximate surface area is 79.1 Å². The highest BCUT2D eigenvalue weighted by Gasteiger charge is 2.09. The topological polar surface area (TPSA) is 62.2 Å². The molecule has 0 saturated heterocycles. The van der Waals surface area contributed by atoms with Crippen LogP contribution < -0.4 is 0 Å². The molecule has 0 saturated carbocycles. The zero-order chi connectivity index (χ0) is 9.84. The van der Waals surface area contributed by atoms with Crippen LogP contribution in [0.5, 0.6) is 0 Å². The molecule has 0 aliphatic rings. The number of carbonyl (C=O) groups excluding carboxylic acids is 1. The number of hydrogen-bond donors (Lipinski definition) is 0. The van der Waals surface area contributed by atoms with Crippen molar-refractivity contribution in [3.63, 3.8) is 0 Å². The van der Waals surface area contributed by atoms with Crippen molar-refractivity contribution in [2.75, 3.05) is 13.4 Å². The van der Waals surface area contributed by atoms with E-state index in [4.69, 9.17) is 0 Å². The molecule has 0 spiro atoms. The molecule has 1 heterocycles. The highest BCUT2D eigenvalue weighted by Crippen LogP contribution is 2.06. The Morgan fingerprint density at radius 2 is 2.31 bits per heavy atom. The van der Waals surface area contributed by atoms with Gasteiger partial charge in [-0.1, -0.05) is 0 Å². The average molecular weight is 199 g/mol. The molecule has 5 heteroatoms. The Morgan fingerprint density at radius 3 is 2.69 bits per heavy atom. The van der Waals surface area contributed by atoms with Crippen LogP contribution in [0.15, 0.2) is 23.4 Å². The summed E-state index contributed by atoms with van der Waals surface area (Å²) in [4.78, 5) is 14.8. The standard InChI is InChI=1S/C8H9NO3S/c1-12-8(10)6-3-4-7(9-5-6)13(2)11/h3-5H,1-2H3. The Balaban J connectivity index is 2.87. The van der Waals surface area contributed by atoms with Crippen molar-refractivity contribution in [1.82, 2.24) is 4.98 Å². The molecule has 1 unspecified atom stereocenters. The number of aromatic nitrogens is 1. The quantitative estimate of drug-likeness (QED) is 0.517. The molecule has 0 radical (unpaired) electrons. The van der Waals surface area contributed by atoms with Crippen molar-refractivity contribution in [2.24, 2.45) is 0 Å². The second-order valence-electron chi connectivity index (χ2n) is 2.33. The van der Waals surface area contributed by atoms with E-state index in [0.717, 1.165) is 0 Å². The highest BCUT2D eigenvalue weighted by molar-refractivity contribution is 7.90.